The highest BCUT2D eigenvalue weighted by Gasteiger charge is 2.37. The second-order valence-corrected chi connectivity index (χ2v) is 9.78. The molecule has 0 bridgehead atoms. The molecule has 160 valence electrons. The number of cyclic esters (lactones) is 1. The first-order valence-corrected chi connectivity index (χ1v) is 11.6. The number of benzene rings is 3. The molecule has 31 heavy (non-hydrogen) atoms. The van der Waals surface area contributed by atoms with Gasteiger partial charge in [-0.3, -0.25) is 4.90 Å². The number of piperidine rings is 1. The fourth-order valence-corrected chi connectivity index (χ4v) is 5.88. The van der Waals surface area contributed by atoms with Crippen LogP contribution < -0.4 is 4.90 Å². The van der Waals surface area contributed by atoms with Crippen molar-refractivity contribution < 1.29 is 22.3 Å². The summed E-state index contributed by atoms with van der Waals surface area (Å²) in [5, 5.41) is 1.86. The lowest BCUT2D eigenvalue weighted by molar-refractivity contribution is 0.135. The monoisotopic (exact) mass is 440 g/mol. The van der Waals surface area contributed by atoms with Gasteiger partial charge >= 0.3 is 6.09 Å². The zero-order valence-electron chi connectivity index (χ0n) is 16.7. The lowest BCUT2D eigenvalue weighted by Gasteiger charge is -2.39. The van der Waals surface area contributed by atoms with Crippen LogP contribution in [0, 0.1) is 5.82 Å². The number of carbonyl (C=O) groups excluding carboxylic acids is 1. The van der Waals surface area contributed by atoms with Gasteiger partial charge in [-0.25, -0.2) is 17.6 Å². The van der Waals surface area contributed by atoms with Crippen LogP contribution in [0.1, 0.15) is 18.4 Å². The average molecular weight is 440 g/mol. The number of amides is 1. The Bertz CT molecular complexity index is 1270. The molecular weight excluding hydrogens is 419 g/mol. The van der Waals surface area contributed by atoms with Crippen LogP contribution in [0.2, 0.25) is 0 Å². The molecular formula is C23H21FN2O4S. The molecule has 0 radical (unpaired) electrons. The molecule has 5 rings (SSSR count). The number of rotatable bonds is 3. The van der Waals surface area contributed by atoms with E-state index in [2.05, 4.69) is 0 Å². The topological polar surface area (TPSA) is 66.9 Å². The van der Waals surface area contributed by atoms with Gasteiger partial charge in [-0.2, -0.15) is 4.31 Å². The Labute approximate surface area is 179 Å². The van der Waals surface area contributed by atoms with Gasteiger partial charge < -0.3 is 4.74 Å². The number of anilines is 1. The molecule has 3 aromatic carbocycles. The van der Waals surface area contributed by atoms with Crippen molar-refractivity contribution in [1.82, 2.24) is 4.31 Å². The van der Waals surface area contributed by atoms with Gasteiger partial charge in [0.05, 0.1) is 10.6 Å². The van der Waals surface area contributed by atoms with Crippen molar-refractivity contribution in [2.45, 2.75) is 30.4 Å². The summed E-state index contributed by atoms with van der Waals surface area (Å²) in [7, 11) is -3.64. The molecule has 0 spiro atoms. The molecule has 2 aliphatic rings. The second kappa shape index (κ2) is 7.62. The van der Waals surface area contributed by atoms with Gasteiger partial charge in [0.25, 0.3) is 0 Å². The first kappa shape index (κ1) is 20.0. The summed E-state index contributed by atoms with van der Waals surface area (Å²) in [5.74, 6) is -0.382. The number of fused-ring (bicyclic) bond motifs is 2. The van der Waals surface area contributed by atoms with Crippen molar-refractivity contribution in [3.05, 3.63) is 72.0 Å². The first-order chi connectivity index (χ1) is 14.9. The number of sulfonamides is 1. The smallest absolute Gasteiger partial charge is 0.414 e. The standard InChI is InChI=1S/C23H21FN2O4S/c24-19-6-8-22-18(13-19)15-30-23(27)26(22)20-9-11-25(12-10-20)31(28,29)21-7-5-16-3-1-2-4-17(16)14-21/h1-8,13-14,20H,9-12,15H2. The zero-order chi connectivity index (χ0) is 21.6. The Morgan fingerprint density at radius 1 is 0.935 bits per heavy atom. The molecule has 1 saturated heterocycles. The van der Waals surface area contributed by atoms with Crippen LogP contribution in [-0.2, 0) is 21.4 Å². The van der Waals surface area contributed by atoms with Crippen molar-refractivity contribution in [3.8, 4) is 0 Å². The van der Waals surface area contributed by atoms with E-state index in [1.54, 1.807) is 18.2 Å². The van der Waals surface area contributed by atoms with Crippen LogP contribution in [-0.4, -0.2) is 37.9 Å². The summed E-state index contributed by atoms with van der Waals surface area (Å²) in [5.41, 5.74) is 1.25. The molecule has 0 saturated carbocycles. The third kappa shape index (κ3) is 3.55. The zero-order valence-corrected chi connectivity index (χ0v) is 17.5. The van der Waals surface area contributed by atoms with E-state index in [-0.39, 0.29) is 23.4 Å². The Morgan fingerprint density at radius 2 is 1.68 bits per heavy atom. The number of hydrogen-bond acceptors (Lipinski definition) is 4. The third-order valence-corrected chi connectivity index (χ3v) is 7.89. The van der Waals surface area contributed by atoms with E-state index >= 15 is 0 Å². The highest BCUT2D eigenvalue weighted by Crippen LogP contribution is 2.33. The molecule has 0 unspecified atom stereocenters. The third-order valence-electron chi connectivity index (χ3n) is 6.00. The van der Waals surface area contributed by atoms with Crippen LogP contribution in [0.15, 0.2) is 65.6 Å². The Kier molecular flexibility index (Phi) is 4.91. The molecule has 0 aromatic heterocycles. The van der Waals surface area contributed by atoms with Gasteiger partial charge in [0.2, 0.25) is 10.0 Å². The van der Waals surface area contributed by atoms with Gasteiger partial charge in [-0.1, -0.05) is 30.3 Å². The Morgan fingerprint density at radius 3 is 2.45 bits per heavy atom. The first-order valence-electron chi connectivity index (χ1n) is 10.2. The maximum absolute atomic E-state index is 13.6. The minimum atomic E-state index is -3.64. The number of carbonyl (C=O) groups is 1. The van der Waals surface area contributed by atoms with Gasteiger partial charge in [-0.15, -0.1) is 0 Å². The fraction of sp³-hybridized carbons (Fsp3) is 0.261. The normalized spacial score (nSPS) is 18.1. The minimum absolute atomic E-state index is 0.0393. The molecule has 8 heteroatoms. The van der Waals surface area contributed by atoms with Gasteiger partial charge in [-0.05, 0) is 53.9 Å². The molecule has 0 N–H and O–H groups in total. The van der Waals surface area contributed by atoms with E-state index in [0.717, 1.165) is 10.8 Å². The van der Waals surface area contributed by atoms with Crippen molar-refractivity contribution in [1.29, 1.82) is 0 Å². The van der Waals surface area contributed by atoms with E-state index < -0.39 is 16.1 Å². The van der Waals surface area contributed by atoms with Crippen molar-refractivity contribution in [2.24, 2.45) is 0 Å². The van der Waals surface area contributed by atoms with E-state index in [9.17, 15) is 17.6 Å². The molecule has 6 nitrogen and oxygen atoms in total. The van der Waals surface area contributed by atoms with Crippen LogP contribution in [0.3, 0.4) is 0 Å². The van der Waals surface area contributed by atoms with Crippen molar-refractivity contribution in [2.75, 3.05) is 18.0 Å². The molecule has 1 fully saturated rings. The van der Waals surface area contributed by atoms with Crippen LogP contribution >= 0.6 is 0 Å². The van der Waals surface area contributed by atoms with Crippen LogP contribution in [0.5, 0.6) is 0 Å². The Balaban J connectivity index is 1.36. The van der Waals surface area contributed by atoms with Gasteiger partial charge in [0, 0.05) is 24.7 Å². The lowest BCUT2D eigenvalue weighted by atomic mass is 10.0. The van der Waals surface area contributed by atoms with Crippen LogP contribution in [0.4, 0.5) is 14.9 Å². The molecule has 3 aromatic rings. The molecule has 0 aliphatic carbocycles. The highest BCUT2D eigenvalue weighted by molar-refractivity contribution is 7.89. The molecule has 2 heterocycles. The van der Waals surface area contributed by atoms with Crippen molar-refractivity contribution >= 4 is 32.6 Å². The maximum atomic E-state index is 13.6. The minimum Gasteiger partial charge on any atom is -0.444 e. The van der Waals surface area contributed by atoms with Crippen LogP contribution in [0.25, 0.3) is 10.8 Å². The van der Waals surface area contributed by atoms with Gasteiger partial charge in [0.1, 0.15) is 12.4 Å². The number of ether oxygens (including phenoxy) is 1. The van der Waals surface area contributed by atoms with Gasteiger partial charge in [0.15, 0.2) is 0 Å². The van der Waals surface area contributed by atoms with E-state index in [4.69, 9.17) is 4.74 Å². The average Bonchev–Trinajstić information content (AvgIpc) is 2.79. The van der Waals surface area contributed by atoms with E-state index in [1.165, 1.54) is 21.3 Å². The summed E-state index contributed by atoms with van der Waals surface area (Å²) in [4.78, 5) is 14.3. The molecule has 2 aliphatic heterocycles. The quantitative estimate of drug-likeness (QED) is 0.610. The molecule has 1 amide bonds. The lowest BCUT2D eigenvalue weighted by Crippen LogP contribution is -2.50. The summed E-state index contributed by atoms with van der Waals surface area (Å²) in [6, 6.07) is 16.8. The van der Waals surface area contributed by atoms with E-state index in [0.29, 0.717) is 37.2 Å². The SMILES string of the molecule is O=C1OCc2cc(F)ccc2N1C1CCN(S(=O)(=O)c2ccc3ccccc3c2)CC1. The van der Waals surface area contributed by atoms with Crippen molar-refractivity contribution in [3.63, 3.8) is 0 Å². The summed E-state index contributed by atoms with van der Waals surface area (Å²) in [6.07, 6.45) is 0.465. The largest absolute Gasteiger partial charge is 0.444 e. The number of halogens is 1. The van der Waals surface area contributed by atoms with E-state index in [1.807, 2.05) is 30.3 Å². The predicted octanol–water partition coefficient (Wildman–Crippen LogP) is 4.29. The summed E-state index contributed by atoms with van der Waals surface area (Å²) < 4.78 is 46.6. The number of hydrogen-bond donors (Lipinski definition) is 0. The highest BCUT2D eigenvalue weighted by atomic mass is 32.2. The maximum Gasteiger partial charge on any atom is 0.414 e. The summed E-state index contributed by atoms with van der Waals surface area (Å²) >= 11 is 0. The fourth-order valence-electron chi connectivity index (χ4n) is 4.38. The predicted molar refractivity (Wildman–Crippen MR) is 115 cm³/mol. The summed E-state index contributed by atoms with van der Waals surface area (Å²) in [6.45, 7) is 0.623. The molecule has 0 atom stereocenters. The number of nitrogens with zero attached hydrogens (tertiary/aromatic N) is 2. The second-order valence-electron chi connectivity index (χ2n) is 7.84. The Hall–Kier alpha value is -2.97.